The maximum Gasteiger partial charge on any atom is 0.339 e. The molecule has 1 aromatic rings. The third-order valence-corrected chi connectivity index (χ3v) is 4.96. The Bertz CT molecular complexity index is 584. The molecule has 0 amide bonds. The fraction of sp³-hybridized carbons (Fsp3) is 0.417. The van der Waals surface area contributed by atoms with Gasteiger partial charge in [-0.2, -0.15) is 4.31 Å². The Morgan fingerprint density at radius 2 is 2.11 bits per heavy atom. The van der Waals surface area contributed by atoms with Gasteiger partial charge < -0.3 is 9.84 Å². The zero-order valence-electron chi connectivity index (χ0n) is 10.4. The molecule has 1 saturated heterocycles. The van der Waals surface area contributed by atoms with Gasteiger partial charge in [-0.05, 0) is 18.6 Å². The van der Waals surface area contributed by atoms with Crippen LogP contribution in [-0.2, 0) is 14.8 Å². The number of sulfonamides is 1. The SMILES string of the molecule is COC(=O)c1ccccc1S(=O)(=O)N1CC[C@@H](O)C1. The van der Waals surface area contributed by atoms with E-state index in [1.807, 2.05) is 0 Å². The molecule has 19 heavy (non-hydrogen) atoms. The Kier molecular flexibility index (Phi) is 3.88. The zero-order valence-corrected chi connectivity index (χ0v) is 11.3. The van der Waals surface area contributed by atoms with Gasteiger partial charge >= 0.3 is 5.97 Å². The van der Waals surface area contributed by atoms with Gasteiger partial charge in [-0.15, -0.1) is 0 Å². The monoisotopic (exact) mass is 285 g/mol. The number of hydrogen-bond acceptors (Lipinski definition) is 5. The first-order chi connectivity index (χ1) is 8.96. The van der Waals surface area contributed by atoms with Crippen LogP contribution >= 0.6 is 0 Å². The van der Waals surface area contributed by atoms with Gasteiger partial charge in [0.2, 0.25) is 10.0 Å². The Morgan fingerprint density at radius 1 is 1.42 bits per heavy atom. The maximum absolute atomic E-state index is 12.4. The molecule has 0 bridgehead atoms. The number of nitrogens with zero attached hydrogens (tertiary/aromatic N) is 1. The minimum absolute atomic E-state index is 0.00592. The van der Waals surface area contributed by atoms with Gasteiger partial charge in [0.05, 0.1) is 23.7 Å². The second-order valence-electron chi connectivity index (χ2n) is 4.29. The third kappa shape index (κ3) is 2.63. The van der Waals surface area contributed by atoms with Crippen molar-refractivity contribution in [1.29, 1.82) is 0 Å². The van der Waals surface area contributed by atoms with Gasteiger partial charge in [-0.1, -0.05) is 12.1 Å². The predicted molar refractivity (Wildman–Crippen MR) is 67.2 cm³/mol. The van der Waals surface area contributed by atoms with Crippen LogP contribution in [-0.4, -0.2) is 50.1 Å². The smallest absolute Gasteiger partial charge is 0.339 e. The average molecular weight is 285 g/mol. The van der Waals surface area contributed by atoms with Crippen LogP contribution in [0.2, 0.25) is 0 Å². The molecule has 1 N–H and O–H groups in total. The van der Waals surface area contributed by atoms with E-state index in [4.69, 9.17) is 0 Å². The number of ether oxygens (including phenoxy) is 1. The lowest BCUT2D eigenvalue weighted by Crippen LogP contribution is -2.31. The van der Waals surface area contributed by atoms with E-state index < -0.39 is 22.1 Å². The molecular formula is C12H15NO5S. The van der Waals surface area contributed by atoms with Gasteiger partial charge in [-0.3, -0.25) is 0 Å². The van der Waals surface area contributed by atoms with Crippen LogP contribution < -0.4 is 0 Å². The maximum atomic E-state index is 12.4. The summed E-state index contributed by atoms with van der Waals surface area (Å²) in [5.41, 5.74) is 0.00592. The molecule has 104 valence electrons. The van der Waals surface area contributed by atoms with Crippen LogP contribution in [0.25, 0.3) is 0 Å². The molecule has 0 aliphatic carbocycles. The molecule has 1 aliphatic heterocycles. The number of carbonyl (C=O) groups is 1. The molecule has 0 unspecified atom stereocenters. The molecule has 6 nitrogen and oxygen atoms in total. The first-order valence-corrected chi connectivity index (χ1v) is 7.26. The molecule has 0 radical (unpaired) electrons. The summed E-state index contributed by atoms with van der Waals surface area (Å²) in [5.74, 6) is -0.695. The fourth-order valence-corrected chi connectivity index (χ4v) is 3.71. The molecule has 1 aromatic carbocycles. The van der Waals surface area contributed by atoms with E-state index in [0.717, 1.165) is 0 Å². The standard InChI is InChI=1S/C12H15NO5S/c1-18-12(15)10-4-2-3-5-11(10)19(16,17)13-7-6-9(14)8-13/h2-5,9,14H,6-8H2,1H3/t9-/m1/s1. The molecular weight excluding hydrogens is 270 g/mol. The fourth-order valence-electron chi connectivity index (χ4n) is 2.04. The van der Waals surface area contributed by atoms with Gasteiger partial charge in [0.15, 0.2) is 0 Å². The molecule has 0 saturated carbocycles. The van der Waals surface area contributed by atoms with Crippen molar-refractivity contribution in [3.8, 4) is 0 Å². The highest BCUT2D eigenvalue weighted by Crippen LogP contribution is 2.24. The quantitative estimate of drug-likeness (QED) is 0.804. The number of rotatable bonds is 3. The van der Waals surface area contributed by atoms with E-state index in [-0.39, 0.29) is 23.5 Å². The lowest BCUT2D eigenvalue weighted by molar-refractivity contribution is 0.0596. The lowest BCUT2D eigenvalue weighted by atomic mass is 10.2. The highest BCUT2D eigenvalue weighted by Gasteiger charge is 2.34. The number of aliphatic hydroxyl groups is 1. The number of carbonyl (C=O) groups excluding carboxylic acids is 1. The second kappa shape index (κ2) is 5.28. The molecule has 0 spiro atoms. The average Bonchev–Trinajstić information content (AvgIpc) is 2.85. The van der Waals surface area contributed by atoms with E-state index in [1.165, 1.54) is 23.5 Å². The third-order valence-electron chi connectivity index (χ3n) is 3.04. The minimum atomic E-state index is -3.78. The summed E-state index contributed by atoms with van der Waals surface area (Å²) in [6.07, 6.45) is -0.250. The van der Waals surface area contributed by atoms with Crippen molar-refractivity contribution in [3.05, 3.63) is 29.8 Å². The summed E-state index contributed by atoms with van der Waals surface area (Å²) >= 11 is 0. The summed E-state index contributed by atoms with van der Waals surface area (Å²) in [7, 11) is -2.59. The second-order valence-corrected chi connectivity index (χ2v) is 6.20. The van der Waals surface area contributed by atoms with Crippen molar-refractivity contribution in [1.82, 2.24) is 4.31 Å². The summed E-state index contributed by atoms with van der Waals surface area (Å²) in [4.78, 5) is 11.5. The van der Waals surface area contributed by atoms with Gasteiger partial charge in [-0.25, -0.2) is 13.2 Å². The molecule has 1 fully saturated rings. The van der Waals surface area contributed by atoms with E-state index in [9.17, 15) is 18.3 Å². The van der Waals surface area contributed by atoms with Crippen LogP contribution in [0, 0.1) is 0 Å². The van der Waals surface area contributed by atoms with Crippen LogP contribution in [0.1, 0.15) is 16.8 Å². The van der Waals surface area contributed by atoms with Crippen LogP contribution in [0.4, 0.5) is 0 Å². The van der Waals surface area contributed by atoms with E-state index >= 15 is 0 Å². The lowest BCUT2D eigenvalue weighted by Gasteiger charge is -2.17. The first-order valence-electron chi connectivity index (χ1n) is 5.82. The molecule has 0 aromatic heterocycles. The number of aliphatic hydroxyl groups excluding tert-OH is 1. The predicted octanol–water partition coefficient (Wildman–Crippen LogP) is 0.228. The number of hydrogen-bond donors (Lipinski definition) is 1. The summed E-state index contributed by atoms with van der Waals surface area (Å²) < 4.78 is 30.6. The van der Waals surface area contributed by atoms with Gasteiger partial charge in [0, 0.05) is 13.1 Å². The normalized spacial score (nSPS) is 20.4. The van der Waals surface area contributed by atoms with Gasteiger partial charge in [0.1, 0.15) is 0 Å². The van der Waals surface area contributed by atoms with Crippen molar-refractivity contribution < 1.29 is 23.1 Å². The van der Waals surface area contributed by atoms with Crippen molar-refractivity contribution in [2.75, 3.05) is 20.2 Å². The number of β-amino-alcohol motifs (C(OH)–C–C–N with tert-alkyl or cyclic N) is 1. The Labute approximate surface area is 111 Å². The first kappa shape index (κ1) is 14.0. The molecule has 2 rings (SSSR count). The van der Waals surface area contributed by atoms with Crippen LogP contribution in [0.3, 0.4) is 0 Å². The van der Waals surface area contributed by atoms with Crippen molar-refractivity contribution in [3.63, 3.8) is 0 Å². The molecule has 1 aliphatic rings. The largest absolute Gasteiger partial charge is 0.465 e. The topological polar surface area (TPSA) is 83.9 Å². The van der Waals surface area contributed by atoms with Crippen molar-refractivity contribution >= 4 is 16.0 Å². The number of methoxy groups -OCH3 is 1. The molecule has 1 atom stereocenters. The molecule has 1 heterocycles. The van der Waals surface area contributed by atoms with Gasteiger partial charge in [0.25, 0.3) is 0 Å². The summed E-state index contributed by atoms with van der Waals surface area (Å²) in [5, 5.41) is 9.44. The van der Waals surface area contributed by atoms with Crippen LogP contribution in [0.15, 0.2) is 29.2 Å². The number of benzene rings is 1. The molecule has 7 heteroatoms. The minimum Gasteiger partial charge on any atom is -0.465 e. The highest BCUT2D eigenvalue weighted by atomic mass is 32.2. The van der Waals surface area contributed by atoms with Crippen LogP contribution in [0.5, 0.6) is 0 Å². The Hall–Kier alpha value is -1.44. The highest BCUT2D eigenvalue weighted by molar-refractivity contribution is 7.89. The zero-order chi connectivity index (χ0) is 14.0. The van der Waals surface area contributed by atoms with E-state index in [1.54, 1.807) is 12.1 Å². The van der Waals surface area contributed by atoms with E-state index in [2.05, 4.69) is 4.74 Å². The Balaban J connectivity index is 2.44. The number of esters is 1. The summed E-state index contributed by atoms with van der Waals surface area (Å²) in [6.45, 7) is 0.302. The Morgan fingerprint density at radius 3 is 2.68 bits per heavy atom. The van der Waals surface area contributed by atoms with Crippen molar-refractivity contribution in [2.24, 2.45) is 0 Å². The summed E-state index contributed by atoms with van der Waals surface area (Å²) in [6, 6.07) is 5.90. The van der Waals surface area contributed by atoms with E-state index in [0.29, 0.717) is 6.42 Å². The van der Waals surface area contributed by atoms with Crippen molar-refractivity contribution in [2.45, 2.75) is 17.4 Å².